The highest BCUT2D eigenvalue weighted by Gasteiger charge is 2.32. The van der Waals surface area contributed by atoms with Gasteiger partial charge in [0.15, 0.2) is 0 Å². The van der Waals surface area contributed by atoms with Gasteiger partial charge in [0.2, 0.25) is 5.91 Å². The molecule has 1 fully saturated rings. The van der Waals surface area contributed by atoms with E-state index in [1.807, 2.05) is 35.2 Å². The smallest absolute Gasteiger partial charge is 0.348 e. The first-order valence-corrected chi connectivity index (χ1v) is 15.2. The van der Waals surface area contributed by atoms with Gasteiger partial charge < -0.3 is 40.3 Å². The number of nitrogens with zero attached hydrogens (tertiary/aromatic N) is 1. The van der Waals surface area contributed by atoms with Crippen LogP contribution in [-0.4, -0.2) is 86.2 Å². The van der Waals surface area contributed by atoms with Gasteiger partial charge in [-0.05, 0) is 61.9 Å². The fraction of sp³-hybridized carbons (Fsp3) is 0.600. The number of rotatable bonds is 17. The van der Waals surface area contributed by atoms with Crippen molar-refractivity contribution in [2.24, 2.45) is 0 Å². The van der Waals surface area contributed by atoms with Crippen LogP contribution in [0, 0.1) is 0 Å². The summed E-state index contributed by atoms with van der Waals surface area (Å²) in [5.41, 5.74) is 1.71. The normalized spacial score (nSPS) is 19.1. The number of anilines is 1. The molecule has 228 valence electrons. The Hall–Kier alpha value is -2.38. The maximum atomic E-state index is 12.7. The molecule has 11 heteroatoms. The molecule has 1 aromatic heterocycles. The van der Waals surface area contributed by atoms with Gasteiger partial charge >= 0.3 is 5.97 Å². The Balaban J connectivity index is 1.47. The van der Waals surface area contributed by atoms with Gasteiger partial charge in [0, 0.05) is 23.0 Å². The Bertz CT molecular complexity index is 1090. The second kappa shape index (κ2) is 16.3. The summed E-state index contributed by atoms with van der Waals surface area (Å²) in [6.07, 6.45) is 0.152. The predicted molar refractivity (Wildman–Crippen MR) is 155 cm³/mol. The van der Waals surface area contributed by atoms with E-state index >= 15 is 0 Å². The van der Waals surface area contributed by atoms with Crippen molar-refractivity contribution >= 4 is 28.9 Å². The lowest BCUT2D eigenvalue weighted by Crippen LogP contribution is -2.47. The van der Waals surface area contributed by atoms with Crippen LogP contribution in [-0.2, 0) is 16.0 Å². The summed E-state index contributed by atoms with van der Waals surface area (Å²) in [5.74, 6) is -0.589. The number of aliphatic hydroxyl groups is 6. The molecule has 0 radical (unpaired) electrons. The summed E-state index contributed by atoms with van der Waals surface area (Å²) in [6, 6.07) is 11.2. The predicted octanol–water partition coefficient (Wildman–Crippen LogP) is 2.47. The van der Waals surface area contributed by atoms with Crippen LogP contribution in [0.3, 0.4) is 0 Å². The third-order valence-corrected chi connectivity index (χ3v) is 8.62. The molecule has 6 atom stereocenters. The average Bonchev–Trinajstić information content (AvgIpc) is 3.61. The number of aliphatic hydroxyl groups excluding tert-OH is 6. The van der Waals surface area contributed by atoms with Crippen LogP contribution < -0.4 is 4.90 Å². The van der Waals surface area contributed by atoms with Crippen molar-refractivity contribution in [2.45, 2.75) is 101 Å². The summed E-state index contributed by atoms with van der Waals surface area (Å²) >= 11 is 1.26. The van der Waals surface area contributed by atoms with Gasteiger partial charge in [0.25, 0.3) is 0 Å². The highest BCUT2D eigenvalue weighted by molar-refractivity contribution is 7.13. The minimum Gasteiger partial charge on any atom is -0.459 e. The van der Waals surface area contributed by atoms with E-state index in [4.69, 9.17) is 9.84 Å². The van der Waals surface area contributed by atoms with Crippen molar-refractivity contribution in [1.82, 2.24) is 0 Å². The highest BCUT2D eigenvalue weighted by atomic mass is 32.1. The van der Waals surface area contributed by atoms with Gasteiger partial charge in [-0.25, -0.2) is 4.79 Å². The number of carbonyl (C=O) groups excluding carboxylic acids is 2. The zero-order valence-electron chi connectivity index (χ0n) is 23.5. The molecule has 1 aliphatic heterocycles. The second-order valence-corrected chi connectivity index (χ2v) is 11.8. The van der Waals surface area contributed by atoms with E-state index in [0.717, 1.165) is 61.1 Å². The van der Waals surface area contributed by atoms with E-state index in [2.05, 4.69) is 6.92 Å². The molecule has 2 heterocycles. The first kappa shape index (κ1) is 33.1. The summed E-state index contributed by atoms with van der Waals surface area (Å²) in [6.45, 7) is 0.745. The Labute approximate surface area is 244 Å². The van der Waals surface area contributed by atoms with Crippen LogP contribution in [0.2, 0.25) is 0 Å². The maximum Gasteiger partial charge on any atom is 0.348 e. The number of unbranched alkanes of at least 4 members (excludes halogenated alkanes) is 2. The molecule has 6 N–H and O–H groups in total. The number of ether oxygens (including phenoxy) is 1. The second-order valence-electron chi connectivity index (χ2n) is 10.6. The van der Waals surface area contributed by atoms with Crippen LogP contribution in [0.25, 0.3) is 0 Å². The summed E-state index contributed by atoms with van der Waals surface area (Å²) in [7, 11) is 0. The summed E-state index contributed by atoms with van der Waals surface area (Å²) < 4.78 is 5.04. The van der Waals surface area contributed by atoms with Gasteiger partial charge in [-0.2, -0.15) is 0 Å². The molecule has 3 rings (SSSR count). The van der Waals surface area contributed by atoms with Crippen LogP contribution in [0.15, 0.2) is 36.4 Å². The highest BCUT2D eigenvalue weighted by Crippen LogP contribution is 2.31. The Morgan fingerprint density at radius 1 is 1.00 bits per heavy atom. The van der Waals surface area contributed by atoms with Crippen LogP contribution in [0.5, 0.6) is 0 Å². The van der Waals surface area contributed by atoms with Gasteiger partial charge in [0.05, 0.1) is 12.7 Å². The Kier molecular flexibility index (Phi) is 13.2. The third-order valence-electron chi connectivity index (χ3n) is 7.50. The number of amides is 1. The minimum atomic E-state index is -1.80. The molecule has 1 aromatic carbocycles. The lowest BCUT2D eigenvalue weighted by atomic mass is 10.0. The SMILES string of the molecule is CCCCC[C@H](O)c1ccc(N2C(=O)CCC2CCCc2ccc(C(=O)OCC(O)C(O)C(O)C(O)CO)s2)cc1. The monoisotopic (exact) mass is 593 g/mol. The maximum absolute atomic E-state index is 12.7. The van der Waals surface area contributed by atoms with E-state index in [9.17, 15) is 35.1 Å². The van der Waals surface area contributed by atoms with E-state index in [1.165, 1.54) is 11.3 Å². The molecule has 0 aliphatic carbocycles. The number of carbonyl (C=O) groups is 2. The first-order chi connectivity index (χ1) is 19.7. The number of aryl methyl sites for hydroxylation is 1. The van der Waals surface area contributed by atoms with Gasteiger partial charge in [0.1, 0.15) is 35.9 Å². The molecule has 1 amide bonds. The number of benzene rings is 1. The van der Waals surface area contributed by atoms with Crippen LogP contribution in [0.1, 0.15) is 84.5 Å². The number of hydrogen-bond donors (Lipinski definition) is 6. The Morgan fingerprint density at radius 2 is 1.71 bits per heavy atom. The number of hydrogen-bond acceptors (Lipinski definition) is 10. The zero-order valence-corrected chi connectivity index (χ0v) is 24.3. The molecule has 0 bridgehead atoms. The van der Waals surface area contributed by atoms with Gasteiger partial charge in [-0.15, -0.1) is 11.3 Å². The van der Waals surface area contributed by atoms with E-state index in [-0.39, 0.29) is 11.9 Å². The topological polar surface area (TPSA) is 168 Å². The minimum absolute atomic E-state index is 0.0832. The third kappa shape index (κ3) is 9.31. The van der Waals surface area contributed by atoms with Gasteiger partial charge in [-0.1, -0.05) is 38.3 Å². The van der Waals surface area contributed by atoms with E-state index in [1.54, 1.807) is 6.07 Å². The average molecular weight is 594 g/mol. The van der Waals surface area contributed by atoms with Crippen molar-refractivity contribution in [3.63, 3.8) is 0 Å². The number of thiophene rings is 1. The van der Waals surface area contributed by atoms with Crippen LogP contribution in [0.4, 0.5) is 5.69 Å². The number of esters is 1. The molecule has 41 heavy (non-hydrogen) atoms. The van der Waals surface area contributed by atoms with Crippen molar-refractivity contribution in [3.8, 4) is 0 Å². The zero-order chi connectivity index (χ0) is 29.9. The van der Waals surface area contributed by atoms with E-state index in [0.29, 0.717) is 17.7 Å². The molecule has 0 saturated carbocycles. The van der Waals surface area contributed by atoms with E-state index < -0.39 is 49.7 Å². The first-order valence-electron chi connectivity index (χ1n) is 14.3. The molecule has 1 aliphatic rings. The molecule has 5 unspecified atom stereocenters. The molecule has 2 aromatic rings. The molecule has 1 saturated heterocycles. The standard InChI is InChI=1S/C30H43NO9S/c1-2-3-4-8-23(33)19-9-11-21(12-10-19)31-20(13-16-27(31)36)6-5-7-22-14-15-26(41-22)30(39)40-18-25(35)29(38)28(37)24(34)17-32/h9-12,14-15,20,23-25,28-29,32-35,37-38H,2-8,13,16-18H2,1H3/t20?,23-,24?,25?,28?,29?/m0/s1. The molecular weight excluding hydrogens is 550 g/mol. The Morgan fingerprint density at radius 3 is 2.39 bits per heavy atom. The summed E-state index contributed by atoms with van der Waals surface area (Å²) in [4.78, 5) is 28.2. The lowest BCUT2D eigenvalue weighted by molar-refractivity contribution is -0.124. The van der Waals surface area contributed by atoms with Gasteiger partial charge in [-0.3, -0.25) is 4.79 Å². The largest absolute Gasteiger partial charge is 0.459 e. The fourth-order valence-electron chi connectivity index (χ4n) is 5.01. The van der Waals surface area contributed by atoms with Crippen molar-refractivity contribution in [1.29, 1.82) is 0 Å². The fourth-order valence-corrected chi connectivity index (χ4v) is 5.95. The molecule has 10 nitrogen and oxygen atoms in total. The molecule has 0 spiro atoms. The van der Waals surface area contributed by atoms with Crippen molar-refractivity contribution in [2.75, 3.05) is 18.1 Å². The quantitative estimate of drug-likeness (QED) is 0.119. The lowest BCUT2D eigenvalue weighted by Gasteiger charge is -2.25. The van der Waals surface area contributed by atoms with Crippen molar-refractivity contribution < 1.29 is 45.0 Å². The summed E-state index contributed by atoms with van der Waals surface area (Å²) in [5, 5.41) is 58.1. The van der Waals surface area contributed by atoms with Crippen LogP contribution >= 0.6 is 11.3 Å². The molecular formula is C30H43NO9S. The van der Waals surface area contributed by atoms with Crippen molar-refractivity contribution in [3.05, 3.63) is 51.7 Å².